The SMILES string of the molecule is C[C@H](SCC(=O)N(Cc1ccccc1)C(C)(C)C)c1nc(N)nc(Nc2ccccc2)n1. The molecule has 3 aromatic rings. The van der Waals surface area contributed by atoms with Crippen LogP contribution in [-0.4, -0.2) is 37.1 Å². The topological polar surface area (TPSA) is 97.0 Å². The van der Waals surface area contributed by atoms with E-state index in [4.69, 9.17) is 5.73 Å². The lowest BCUT2D eigenvalue weighted by molar-refractivity contribution is -0.133. The Morgan fingerprint density at radius 3 is 2.28 bits per heavy atom. The highest BCUT2D eigenvalue weighted by atomic mass is 32.2. The molecule has 0 aliphatic rings. The van der Waals surface area contributed by atoms with Crippen LogP contribution in [0.4, 0.5) is 17.6 Å². The van der Waals surface area contributed by atoms with Gasteiger partial charge in [-0.1, -0.05) is 48.5 Å². The molecule has 0 aliphatic heterocycles. The fraction of sp³-hybridized carbons (Fsp3) is 0.333. The first-order chi connectivity index (χ1) is 15.2. The van der Waals surface area contributed by atoms with Gasteiger partial charge in [0.05, 0.1) is 11.0 Å². The molecule has 0 spiro atoms. The van der Waals surface area contributed by atoms with Crippen LogP contribution >= 0.6 is 11.8 Å². The molecule has 1 aromatic heterocycles. The molecule has 0 fully saturated rings. The predicted octanol–water partition coefficient (Wildman–Crippen LogP) is 4.82. The summed E-state index contributed by atoms with van der Waals surface area (Å²) in [4.78, 5) is 28.0. The number of amides is 1. The van der Waals surface area contributed by atoms with E-state index in [9.17, 15) is 4.79 Å². The fourth-order valence-corrected chi connectivity index (χ4v) is 3.91. The first-order valence-electron chi connectivity index (χ1n) is 10.5. The number of hydrogen-bond acceptors (Lipinski definition) is 7. The molecule has 0 saturated carbocycles. The Balaban J connectivity index is 1.67. The maximum Gasteiger partial charge on any atom is 0.233 e. The number of para-hydroxylation sites is 1. The van der Waals surface area contributed by atoms with Gasteiger partial charge in [-0.25, -0.2) is 0 Å². The van der Waals surface area contributed by atoms with Crippen LogP contribution in [0.15, 0.2) is 60.7 Å². The lowest BCUT2D eigenvalue weighted by Crippen LogP contribution is -2.46. The van der Waals surface area contributed by atoms with Crippen LogP contribution in [0.2, 0.25) is 0 Å². The van der Waals surface area contributed by atoms with Gasteiger partial charge in [-0.2, -0.15) is 15.0 Å². The van der Waals surface area contributed by atoms with Crippen molar-refractivity contribution in [2.75, 3.05) is 16.8 Å². The highest BCUT2D eigenvalue weighted by molar-refractivity contribution is 8.00. The summed E-state index contributed by atoms with van der Waals surface area (Å²) in [5, 5.41) is 3.02. The van der Waals surface area contributed by atoms with Crippen LogP contribution in [0.1, 0.15) is 44.3 Å². The number of nitrogens with one attached hydrogen (secondary N) is 1. The molecule has 2 aromatic carbocycles. The molecule has 1 atom stereocenters. The van der Waals surface area contributed by atoms with E-state index in [0.29, 0.717) is 24.1 Å². The Morgan fingerprint density at radius 2 is 1.66 bits per heavy atom. The van der Waals surface area contributed by atoms with Gasteiger partial charge in [0.1, 0.15) is 5.82 Å². The molecule has 168 valence electrons. The van der Waals surface area contributed by atoms with Gasteiger partial charge < -0.3 is 16.0 Å². The van der Waals surface area contributed by atoms with Crippen LogP contribution in [0.5, 0.6) is 0 Å². The van der Waals surface area contributed by atoms with Gasteiger partial charge in [0.2, 0.25) is 17.8 Å². The summed E-state index contributed by atoms with van der Waals surface area (Å²) in [7, 11) is 0. The van der Waals surface area contributed by atoms with Gasteiger partial charge in [0.25, 0.3) is 0 Å². The lowest BCUT2D eigenvalue weighted by Gasteiger charge is -2.36. The standard InChI is InChI=1S/C24H30N6OS/c1-17(21-27-22(25)29-23(28-21)26-19-13-9-6-10-14-19)32-16-20(31)30(24(2,3)4)15-18-11-7-5-8-12-18/h5-14,17H,15-16H2,1-4H3,(H3,25,26,27,28,29)/t17-/m0/s1. The largest absolute Gasteiger partial charge is 0.368 e. The van der Waals surface area contributed by atoms with Crippen molar-refractivity contribution in [1.82, 2.24) is 19.9 Å². The summed E-state index contributed by atoms with van der Waals surface area (Å²) in [6.07, 6.45) is 0. The Hall–Kier alpha value is -3.13. The third kappa shape index (κ3) is 6.68. The highest BCUT2D eigenvalue weighted by Gasteiger charge is 2.27. The van der Waals surface area contributed by atoms with Crippen molar-refractivity contribution >= 4 is 35.3 Å². The first kappa shape index (κ1) is 23.5. The number of anilines is 3. The van der Waals surface area contributed by atoms with Crippen LogP contribution < -0.4 is 11.1 Å². The number of thioether (sulfide) groups is 1. The summed E-state index contributed by atoms with van der Waals surface area (Å²) in [5.41, 5.74) is 7.59. The Bertz CT molecular complexity index is 1020. The molecule has 0 bridgehead atoms. The van der Waals surface area contributed by atoms with Crippen LogP contribution in [0, 0.1) is 0 Å². The summed E-state index contributed by atoms with van der Waals surface area (Å²) < 4.78 is 0. The average molecular weight is 451 g/mol. The number of rotatable bonds is 8. The number of carbonyl (C=O) groups is 1. The van der Waals surface area contributed by atoms with Crippen molar-refractivity contribution in [3.05, 3.63) is 72.1 Å². The molecule has 1 amide bonds. The second kappa shape index (κ2) is 10.5. The first-order valence-corrected chi connectivity index (χ1v) is 11.6. The van der Waals surface area contributed by atoms with Crippen LogP contribution in [0.3, 0.4) is 0 Å². The van der Waals surface area contributed by atoms with Crippen molar-refractivity contribution in [1.29, 1.82) is 0 Å². The fourth-order valence-electron chi connectivity index (χ4n) is 3.11. The second-order valence-corrected chi connectivity index (χ2v) is 9.79. The van der Waals surface area contributed by atoms with Crippen LogP contribution in [0.25, 0.3) is 0 Å². The van der Waals surface area contributed by atoms with E-state index in [2.05, 4.69) is 41.0 Å². The Kier molecular flexibility index (Phi) is 7.69. The van der Waals surface area contributed by atoms with Crippen molar-refractivity contribution in [2.45, 2.75) is 45.0 Å². The molecule has 0 aliphatic carbocycles. The molecular formula is C24H30N6OS. The lowest BCUT2D eigenvalue weighted by atomic mass is 10.0. The molecule has 32 heavy (non-hydrogen) atoms. The van der Waals surface area contributed by atoms with Gasteiger partial charge in [-0.05, 0) is 45.4 Å². The maximum atomic E-state index is 13.1. The zero-order valence-corrected chi connectivity index (χ0v) is 19.8. The molecule has 0 unspecified atom stereocenters. The quantitative estimate of drug-likeness (QED) is 0.508. The molecule has 0 radical (unpaired) electrons. The van der Waals surface area contributed by atoms with E-state index < -0.39 is 0 Å². The van der Waals surface area contributed by atoms with Crippen molar-refractivity contribution in [2.24, 2.45) is 0 Å². The monoisotopic (exact) mass is 450 g/mol. The number of nitrogens with zero attached hydrogens (tertiary/aromatic N) is 4. The summed E-state index contributed by atoms with van der Waals surface area (Å²) in [6.45, 7) is 8.70. The third-order valence-electron chi connectivity index (χ3n) is 4.81. The van der Waals surface area contributed by atoms with E-state index in [1.807, 2.05) is 72.5 Å². The van der Waals surface area contributed by atoms with Crippen molar-refractivity contribution in [3.8, 4) is 0 Å². The number of benzene rings is 2. The Labute approximate surface area is 193 Å². The summed E-state index contributed by atoms with van der Waals surface area (Å²) in [5.74, 6) is 1.46. The molecule has 7 nitrogen and oxygen atoms in total. The van der Waals surface area contributed by atoms with Crippen molar-refractivity contribution < 1.29 is 4.79 Å². The van der Waals surface area contributed by atoms with E-state index in [1.54, 1.807) is 0 Å². The average Bonchev–Trinajstić information content (AvgIpc) is 2.76. The van der Waals surface area contributed by atoms with E-state index >= 15 is 0 Å². The van der Waals surface area contributed by atoms with Crippen LogP contribution in [-0.2, 0) is 11.3 Å². The normalized spacial score (nSPS) is 12.2. The van der Waals surface area contributed by atoms with Gasteiger partial charge in [-0.3, -0.25) is 4.79 Å². The smallest absolute Gasteiger partial charge is 0.233 e. The minimum Gasteiger partial charge on any atom is -0.368 e. The molecule has 1 heterocycles. The number of nitrogens with two attached hydrogens (primary N) is 1. The van der Waals surface area contributed by atoms with Crippen molar-refractivity contribution in [3.63, 3.8) is 0 Å². The van der Waals surface area contributed by atoms with Gasteiger partial charge in [0, 0.05) is 17.8 Å². The zero-order valence-electron chi connectivity index (χ0n) is 18.9. The number of nitrogen functional groups attached to an aromatic ring is 1. The third-order valence-corrected chi connectivity index (χ3v) is 5.94. The number of hydrogen-bond donors (Lipinski definition) is 2. The van der Waals surface area contributed by atoms with Gasteiger partial charge in [-0.15, -0.1) is 11.8 Å². The number of aromatic nitrogens is 3. The van der Waals surface area contributed by atoms with E-state index in [1.165, 1.54) is 11.8 Å². The minimum atomic E-state index is -0.291. The molecule has 8 heteroatoms. The maximum absolute atomic E-state index is 13.1. The summed E-state index contributed by atoms with van der Waals surface area (Å²) in [6, 6.07) is 19.7. The number of carbonyl (C=O) groups excluding carboxylic acids is 1. The summed E-state index contributed by atoms with van der Waals surface area (Å²) >= 11 is 1.49. The van der Waals surface area contributed by atoms with E-state index in [0.717, 1.165) is 11.3 Å². The minimum absolute atomic E-state index is 0.0721. The molecular weight excluding hydrogens is 420 g/mol. The van der Waals surface area contributed by atoms with Gasteiger partial charge >= 0.3 is 0 Å². The molecule has 0 saturated heterocycles. The molecule has 3 rings (SSSR count). The predicted molar refractivity (Wildman–Crippen MR) is 132 cm³/mol. The highest BCUT2D eigenvalue weighted by Crippen LogP contribution is 2.28. The second-order valence-electron chi connectivity index (χ2n) is 8.46. The molecule has 3 N–H and O–H groups in total. The van der Waals surface area contributed by atoms with E-state index in [-0.39, 0.29) is 22.6 Å². The zero-order chi connectivity index (χ0) is 23.1. The van der Waals surface area contributed by atoms with Gasteiger partial charge in [0.15, 0.2) is 0 Å². The Morgan fingerprint density at radius 1 is 1.03 bits per heavy atom.